The summed E-state index contributed by atoms with van der Waals surface area (Å²) in [7, 11) is 0. The monoisotopic (exact) mass is 312 g/mol. The lowest BCUT2D eigenvalue weighted by molar-refractivity contribution is 0.0934. The highest BCUT2D eigenvalue weighted by atomic mass is 16.1. The van der Waals surface area contributed by atoms with Crippen LogP contribution in [0.5, 0.6) is 0 Å². The molecule has 0 bridgehead atoms. The van der Waals surface area contributed by atoms with Crippen LogP contribution in [0.1, 0.15) is 47.7 Å². The lowest BCUT2D eigenvalue weighted by atomic mass is 10.1. The Balaban J connectivity index is 2.27. The molecule has 5 heteroatoms. The number of carbonyl (C=O) groups excluding carboxylic acids is 1. The molecule has 0 aliphatic carbocycles. The Morgan fingerprint density at radius 1 is 1.22 bits per heavy atom. The summed E-state index contributed by atoms with van der Waals surface area (Å²) in [5.41, 5.74) is 3.73. The number of anilines is 2. The number of aryl methyl sites for hydroxylation is 2. The minimum atomic E-state index is -0.172. The molecule has 2 rings (SSSR count). The molecule has 0 spiro atoms. The highest BCUT2D eigenvalue weighted by Crippen LogP contribution is 2.22. The lowest BCUT2D eigenvalue weighted by Crippen LogP contribution is -2.32. The van der Waals surface area contributed by atoms with Crippen LogP contribution in [-0.4, -0.2) is 21.9 Å². The minimum absolute atomic E-state index is 0.119. The van der Waals surface area contributed by atoms with Crippen molar-refractivity contribution in [2.45, 2.75) is 47.1 Å². The second kappa shape index (κ2) is 7.22. The van der Waals surface area contributed by atoms with Crippen molar-refractivity contribution >= 4 is 17.4 Å². The number of hydrogen-bond donors (Lipinski definition) is 2. The molecule has 2 N–H and O–H groups in total. The lowest BCUT2D eigenvalue weighted by Gasteiger charge is -2.14. The Bertz CT molecular complexity index is 712. The summed E-state index contributed by atoms with van der Waals surface area (Å²) < 4.78 is 0. The highest BCUT2D eigenvalue weighted by Gasteiger charge is 2.13. The van der Waals surface area contributed by atoms with Crippen molar-refractivity contribution in [2.75, 3.05) is 5.32 Å². The number of nitrogens with zero attached hydrogens (tertiary/aromatic N) is 2. The van der Waals surface area contributed by atoms with E-state index in [0.29, 0.717) is 17.3 Å². The van der Waals surface area contributed by atoms with Crippen LogP contribution in [0.25, 0.3) is 0 Å². The van der Waals surface area contributed by atoms with Crippen molar-refractivity contribution in [3.8, 4) is 0 Å². The molecule has 5 nitrogen and oxygen atoms in total. The molecular weight excluding hydrogens is 288 g/mol. The van der Waals surface area contributed by atoms with Crippen LogP contribution >= 0.6 is 0 Å². The maximum atomic E-state index is 12.3. The van der Waals surface area contributed by atoms with Crippen LogP contribution in [-0.2, 0) is 0 Å². The largest absolute Gasteiger partial charge is 0.348 e. The maximum Gasteiger partial charge on any atom is 0.270 e. The number of nitrogens with one attached hydrogen (secondary N) is 2. The molecule has 1 heterocycles. The second-order valence-electron chi connectivity index (χ2n) is 5.84. The average molecular weight is 312 g/mol. The van der Waals surface area contributed by atoms with Crippen molar-refractivity contribution in [1.29, 1.82) is 0 Å². The van der Waals surface area contributed by atoms with E-state index >= 15 is 0 Å². The molecule has 122 valence electrons. The van der Waals surface area contributed by atoms with E-state index in [4.69, 9.17) is 0 Å². The highest BCUT2D eigenvalue weighted by molar-refractivity contribution is 5.93. The van der Waals surface area contributed by atoms with Crippen LogP contribution in [0.4, 0.5) is 11.5 Å². The van der Waals surface area contributed by atoms with Crippen LogP contribution in [0.2, 0.25) is 0 Å². The zero-order valence-electron chi connectivity index (χ0n) is 14.4. The number of amides is 1. The van der Waals surface area contributed by atoms with Gasteiger partial charge >= 0.3 is 0 Å². The van der Waals surface area contributed by atoms with Crippen LogP contribution < -0.4 is 10.6 Å². The van der Waals surface area contributed by atoms with Gasteiger partial charge in [-0.1, -0.05) is 19.1 Å². The van der Waals surface area contributed by atoms with Gasteiger partial charge < -0.3 is 10.6 Å². The first-order valence-electron chi connectivity index (χ1n) is 7.90. The zero-order valence-corrected chi connectivity index (χ0v) is 14.4. The molecule has 0 aliphatic rings. The number of benzene rings is 1. The molecule has 1 unspecified atom stereocenters. The Kier molecular flexibility index (Phi) is 5.32. The quantitative estimate of drug-likeness (QED) is 0.884. The minimum Gasteiger partial charge on any atom is -0.348 e. The summed E-state index contributed by atoms with van der Waals surface area (Å²) in [4.78, 5) is 20.9. The molecular formula is C18H24N4O. The standard InChI is InChI=1S/C18H24N4O/c1-6-12(3)19-18(23)16-10-17(21-14(5)20-16)22-15-9-7-8-11(2)13(15)4/h7-10,12H,6H2,1-5H3,(H,19,23)(H,20,21,22). The molecule has 23 heavy (non-hydrogen) atoms. The van der Waals surface area contributed by atoms with Crippen molar-refractivity contribution in [3.05, 3.63) is 46.9 Å². The molecule has 1 amide bonds. The van der Waals surface area contributed by atoms with Gasteiger partial charge in [-0.2, -0.15) is 0 Å². The van der Waals surface area contributed by atoms with Crippen molar-refractivity contribution in [2.24, 2.45) is 0 Å². The van der Waals surface area contributed by atoms with Crippen molar-refractivity contribution < 1.29 is 4.79 Å². The summed E-state index contributed by atoms with van der Waals surface area (Å²) >= 11 is 0. The zero-order chi connectivity index (χ0) is 17.0. The molecule has 2 aromatic rings. The summed E-state index contributed by atoms with van der Waals surface area (Å²) in [6.07, 6.45) is 0.878. The van der Waals surface area contributed by atoms with Crippen molar-refractivity contribution in [1.82, 2.24) is 15.3 Å². The number of rotatable bonds is 5. The first-order chi connectivity index (χ1) is 10.9. The van der Waals surface area contributed by atoms with Gasteiger partial charge in [-0.05, 0) is 51.3 Å². The average Bonchev–Trinajstić information content (AvgIpc) is 2.51. The van der Waals surface area contributed by atoms with E-state index in [9.17, 15) is 4.79 Å². The van der Waals surface area contributed by atoms with E-state index in [1.165, 1.54) is 5.56 Å². The summed E-state index contributed by atoms with van der Waals surface area (Å²) in [6.45, 7) is 9.91. The van der Waals surface area contributed by atoms with Gasteiger partial charge in [0.25, 0.3) is 5.91 Å². The Labute approximate surface area is 137 Å². The van der Waals surface area contributed by atoms with Gasteiger partial charge in [-0.3, -0.25) is 4.79 Å². The predicted molar refractivity (Wildman–Crippen MR) is 93.2 cm³/mol. The SMILES string of the molecule is CCC(C)NC(=O)c1cc(Nc2cccc(C)c2C)nc(C)n1. The molecule has 0 saturated heterocycles. The number of aromatic nitrogens is 2. The van der Waals surface area contributed by atoms with Crippen LogP contribution in [0.3, 0.4) is 0 Å². The smallest absolute Gasteiger partial charge is 0.270 e. The number of carbonyl (C=O) groups is 1. The van der Waals surface area contributed by atoms with Gasteiger partial charge in [0, 0.05) is 17.8 Å². The first kappa shape index (κ1) is 16.9. The fourth-order valence-corrected chi connectivity index (χ4v) is 2.17. The molecule has 0 fully saturated rings. The molecule has 0 saturated carbocycles. The second-order valence-corrected chi connectivity index (χ2v) is 5.84. The van der Waals surface area contributed by atoms with E-state index in [2.05, 4.69) is 40.5 Å². The van der Waals surface area contributed by atoms with Crippen LogP contribution in [0.15, 0.2) is 24.3 Å². The third-order valence-corrected chi connectivity index (χ3v) is 3.93. The third kappa shape index (κ3) is 4.28. The summed E-state index contributed by atoms with van der Waals surface area (Å²) in [5, 5.41) is 6.21. The normalized spacial score (nSPS) is 11.9. The van der Waals surface area contributed by atoms with E-state index < -0.39 is 0 Å². The van der Waals surface area contributed by atoms with Gasteiger partial charge in [0.1, 0.15) is 17.3 Å². The predicted octanol–water partition coefficient (Wildman–Crippen LogP) is 3.67. The third-order valence-electron chi connectivity index (χ3n) is 3.93. The fraction of sp³-hybridized carbons (Fsp3) is 0.389. The number of hydrogen-bond acceptors (Lipinski definition) is 4. The van der Waals surface area contributed by atoms with Gasteiger partial charge in [0.05, 0.1) is 0 Å². The van der Waals surface area contributed by atoms with Gasteiger partial charge in [0.2, 0.25) is 0 Å². The fourth-order valence-electron chi connectivity index (χ4n) is 2.17. The molecule has 1 aromatic heterocycles. The summed E-state index contributed by atoms with van der Waals surface area (Å²) in [6, 6.07) is 7.87. The molecule has 1 atom stereocenters. The van der Waals surface area contributed by atoms with E-state index in [1.54, 1.807) is 13.0 Å². The summed E-state index contributed by atoms with van der Waals surface area (Å²) in [5.74, 6) is 1.02. The van der Waals surface area contributed by atoms with Gasteiger partial charge in [0.15, 0.2) is 0 Å². The maximum absolute atomic E-state index is 12.3. The Morgan fingerprint density at radius 3 is 2.65 bits per heavy atom. The Morgan fingerprint density at radius 2 is 1.96 bits per heavy atom. The van der Waals surface area contributed by atoms with Gasteiger partial charge in [-0.15, -0.1) is 0 Å². The molecule has 0 radical (unpaired) electrons. The van der Waals surface area contributed by atoms with E-state index in [0.717, 1.165) is 17.7 Å². The molecule has 0 aliphatic heterocycles. The van der Waals surface area contributed by atoms with E-state index in [-0.39, 0.29) is 11.9 Å². The topological polar surface area (TPSA) is 66.9 Å². The molecule has 1 aromatic carbocycles. The van der Waals surface area contributed by atoms with E-state index in [1.807, 2.05) is 26.0 Å². The van der Waals surface area contributed by atoms with Gasteiger partial charge in [-0.25, -0.2) is 9.97 Å². The van der Waals surface area contributed by atoms with Crippen LogP contribution in [0, 0.1) is 20.8 Å². The Hall–Kier alpha value is -2.43. The van der Waals surface area contributed by atoms with Crippen molar-refractivity contribution in [3.63, 3.8) is 0 Å². The first-order valence-corrected chi connectivity index (χ1v) is 7.90.